The van der Waals surface area contributed by atoms with E-state index in [1.807, 2.05) is 43.7 Å². The van der Waals surface area contributed by atoms with Gasteiger partial charge in [-0.25, -0.2) is 4.68 Å². The lowest BCUT2D eigenvalue weighted by atomic mass is 10.2. The first-order valence-corrected chi connectivity index (χ1v) is 5.74. The van der Waals surface area contributed by atoms with Crippen LogP contribution in [0.4, 0.5) is 0 Å². The van der Waals surface area contributed by atoms with Crippen LogP contribution < -0.4 is 0 Å². The largest absolute Gasteiger partial charge is 0.236 e. The molecule has 0 aliphatic heterocycles. The van der Waals surface area contributed by atoms with Crippen LogP contribution >= 0.6 is 23.2 Å². The summed E-state index contributed by atoms with van der Waals surface area (Å²) in [7, 11) is 0. The molecule has 0 unspecified atom stereocenters. The summed E-state index contributed by atoms with van der Waals surface area (Å²) >= 11 is 12.0. The van der Waals surface area contributed by atoms with Gasteiger partial charge < -0.3 is 0 Å². The predicted octanol–water partition coefficient (Wildman–Crippen LogP) is 4.10. The molecular weight excluding hydrogens is 243 g/mol. The Hall–Kier alpha value is -0.990. The Morgan fingerprint density at radius 1 is 1.12 bits per heavy atom. The second-order valence-corrected chi connectivity index (χ2v) is 4.64. The lowest BCUT2D eigenvalue weighted by Crippen LogP contribution is -2.01. The molecule has 0 amide bonds. The van der Waals surface area contributed by atoms with Crippen LogP contribution in [0, 0.1) is 20.8 Å². The van der Waals surface area contributed by atoms with E-state index < -0.39 is 0 Å². The van der Waals surface area contributed by atoms with Crippen LogP contribution in [0.15, 0.2) is 18.2 Å². The van der Waals surface area contributed by atoms with Gasteiger partial charge >= 0.3 is 0 Å². The first-order valence-electron chi connectivity index (χ1n) is 4.99. The van der Waals surface area contributed by atoms with Crippen molar-refractivity contribution in [2.75, 3.05) is 0 Å². The van der Waals surface area contributed by atoms with Crippen molar-refractivity contribution in [3.8, 4) is 5.69 Å². The van der Waals surface area contributed by atoms with E-state index >= 15 is 0 Å². The zero-order valence-electron chi connectivity index (χ0n) is 9.38. The summed E-state index contributed by atoms with van der Waals surface area (Å²) in [5.74, 6) is 0. The van der Waals surface area contributed by atoms with Crippen LogP contribution in [0.3, 0.4) is 0 Å². The van der Waals surface area contributed by atoms with Gasteiger partial charge in [0.25, 0.3) is 0 Å². The first-order chi connectivity index (χ1) is 7.50. The van der Waals surface area contributed by atoms with Crippen molar-refractivity contribution in [2.45, 2.75) is 20.8 Å². The smallest absolute Gasteiger partial charge is 0.0848 e. The summed E-state index contributed by atoms with van der Waals surface area (Å²) < 4.78 is 1.85. The second-order valence-electron chi connectivity index (χ2n) is 3.83. The Morgan fingerprint density at radius 2 is 1.81 bits per heavy atom. The fourth-order valence-electron chi connectivity index (χ4n) is 1.71. The van der Waals surface area contributed by atoms with Crippen LogP contribution in [0.1, 0.15) is 17.0 Å². The first kappa shape index (κ1) is 11.5. The number of aromatic nitrogens is 2. The molecule has 84 valence electrons. The molecule has 0 N–H and O–H groups in total. The van der Waals surface area contributed by atoms with Crippen LogP contribution in [0.5, 0.6) is 0 Å². The van der Waals surface area contributed by atoms with Gasteiger partial charge in [-0.3, -0.25) is 0 Å². The third kappa shape index (κ3) is 1.83. The number of aryl methyl sites for hydroxylation is 2. The molecular formula is C12H12Cl2N2. The third-order valence-corrected chi connectivity index (χ3v) is 3.37. The summed E-state index contributed by atoms with van der Waals surface area (Å²) in [5, 5.41) is 5.86. The monoisotopic (exact) mass is 254 g/mol. The molecule has 2 nitrogen and oxygen atoms in total. The normalized spacial score (nSPS) is 10.8. The number of hydrogen-bond acceptors (Lipinski definition) is 1. The lowest BCUT2D eigenvalue weighted by molar-refractivity contribution is 0.827. The van der Waals surface area contributed by atoms with Crippen molar-refractivity contribution in [2.24, 2.45) is 0 Å². The summed E-state index contributed by atoms with van der Waals surface area (Å²) in [5.41, 5.74) is 3.88. The van der Waals surface area contributed by atoms with E-state index in [1.165, 1.54) is 0 Å². The van der Waals surface area contributed by atoms with Gasteiger partial charge in [-0.05, 0) is 44.5 Å². The highest BCUT2D eigenvalue weighted by atomic mass is 35.5. The Morgan fingerprint density at radius 3 is 2.31 bits per heavy atom. The fourth-order valence-corrected chi connectivity index (χ4v) is 2.06. The molecule has 0 saturated heterocycles. The highest BCUT2D eigenvalue weighted by molar-refractivity contribution is 6.32. The van der Waals surface area contributed by atoms with E-state index in [9.17, 15) is 0 Å². The summed E-state index contributed by atoms with van der Waals surface area (Å²) in [6, 6.07) is 5.73. The highest BCUT2D eigenvalue weighted by Crippen LogP contribution is 2.25. The molecule has 4 heteroatoms. The highest BCUT2D eigenvalue weighted by Gasteiger charge is 2.12. The maximum Gasteiger partial charge on any atom is 0.0848 e. The molecule has 0 radical (unpaired) electrons. The van der Waals surface area contributed by atoms with Crippen molar-refractivity contribution in [1.29, 1.82) is 0 Å². The molecule has 0 spiro atoms. The average molecular weight is 255 g/mol. The van der Waals surface area contributed by atoms with E-state index in [0.29, 0.717) is 5.02 Å². The SMILES string of the molecule is Cc1cc(Cl)ccc1-n1nc(C)c(Cl)c1C. The van der Waals surface area contributed by atoms with E-state index in [2.05, 4.69) is 5.10 Å². The van der Waals surface area contributed by atoms with Gasteiger partial charge in [-0.1, -0.05) is 23.2 Å². The van der Waals surface area contributed by atoms with Crippen LogP contribution in [0.25, 0.3) is 5.69 Å². The van der Waals surface area contributed by atoms with Gasteiger partial charge in [0.1, 0.15) is 0 Å². The van der Waals surface area contributed by atoms with E-state index in [1.54, 1.807) is 0 Å². The lowest BCUT2D eigenvalue weighted by Gasteiger charge is -2.08. The minimum absolute atomic E-state index is 0.717. The molecule has 0 aliphatic carbocycles. The van der Waals surface area contributed by atoms with Crippen LogP contribution in [-0.4, -0.2) is 9.78 Å². The van der Waals surface area contributed by atoms with E-state index in [0.717, 1.165) is 27.7 Å². The number of benzene rings is 1. The molecule has 0 aliphatic rings. The standard InChI is InChI=1S/C12H12Cl2N2/c1-7-6-10(13)4-5-11(7)16-9(3)12(14)8(2)15-16/h4-6H,1-3H3. The number of rotatable bonds is 1. The minimum atomic E-state index is 0.717. The molecule has 1 aromatic carbocycles. The van der Waals surface area contributed by atoms with E-state index in [-0.39, 0.29) is 0 Å². The van der Waals surface area contributed by atoms with Gasteiger partial charge in [0.05, 0.1) is 22.1 Å². The van der Waals surface area contributed by atoms with Crippen molar-refractivity contribution in [3.63, 3.8) is 0 Å². The molecule has 2 aromatic rings. The number of halogens is 2. The molecule has 1 heterocycles. The topological polar surface area (TPSA) is 17.8 Å². The molecule has 16 heavy (non-hydrogen) atoms. The van der Waals surface area contributed by atoms with Gasteiger partial charge in [0.2, 0.25) is 0 Å². The van der Waals surface area contributed by atoms with Crippen LogP contribution in [-0.2, 0) is 0 Å². The van der Waals surface area contributed by atoms with Crippen molar-refractivity contribution in [3.05, 3.63) is 45.2 Å². The molecule has 0 fully saturated rings. The van der Waals surface area contributed by atoms with E-state index in [4.69, 9.17) is 23.2 Å². The molecule has 0 saturated carbocycles. The Bertz CT molecular complexity index is 544. The predicted molar refractivity (Wildman–Crippen MR) is 67.8 cm³/mol. The van der Waals surface area contributed by atoms with Crippen molar-refractivity contribution < 1.29 is 0 Å². The molecule has 0 atom stereocenters. The van der Waals surface area contributed by atoms with Gasteiger partial charge in [-0.15, -0.1) is 0 Å². The fraction of sp³-hybridized carbons (Fsp3) is 0.250. The molecule has 1 aromatic heterocycles. The molecule has 0 bridgehead atoms. The number of hydrogen-bond donors (Lipinski definition) is 0. The maximum absolute atomic E-state index is 6.12. The quantitative estimate of drug-likeness (QED) is 0.749. The third-order valence-electron chi connectivity index (χ3n) is 2.59. The zero-order valence-corrected chi connectivity index (χ0v) is 10.9. The van der Waals surface area contributed by atoms with Crippen molar-refractivity contribution >= 4 is 23.2 Å². The number of nitrogens with zero attached hydrogens (tertiary/aromatic N) is 2. The summed E-state index contributed by atoms with van der Waals surface area (Å²) in [6.07, 6.45) is 0. The summed E-state index contributed by atoms with van der Waals surface area (Å²) in [4.78, 5) is 0. The van der Waals surface area contributed by atoms with Gasteiger partial charge in [-0.2, -0.15) is 5.10 Å². The minimum Gasteiger partial charge on any atom is -0.236 e. The Labute approximate surface area is 105 Å². The Balaban J connectivity index is 2.63. The average Bonchev–Trinajstić information content (AvgIpc) is 2.46. The Kier molecular flexibility index (Phi) is 2.96. The molecule has 2 rings (SSSR count). The maximum atomic E-state index is 6.12. The zero-order chi connectivity index (χ0) is 11.9. The second kappa shape index (κ2) is 4.11. The van der Waals surface area contributed by atoms with Crippen LogP contribution in [0.2, 0.25) is 10.0 Å². The summed E-state index contributed by atoms with van der Waals surface area (Å²) in [6.45, 7) is 5.86. The van der Waals surface area contributed by atoms with Gasteiger partial charge in [0, 0.05) is 5.02 Å². The van der Waals surface area contributed by atoms with Gasteiger partial charge in [0.15, 0.2) is 0 Å². The van der Waals surface area contributed by atoms with Crippen molar-refractivity contribution in [1.82, 2.24) is 9.78 Å².